The molecule has 1 spiro atoms. The van der Waals surface area contributed by atoms with Crippen molar-refractivity contribution in [3.63, 3.8) is 0 Å². The van der Waals surface area contributed by atoms with Gasteiger partial charge in [-0.05, 0) is 54.8 Å². The topological polar surface area (TPSA) is 73.4 Å². The van der Waals surface area contributed by atoms with Gasteiger partial charge in [0.25, 0.3) is 5.56 Å². The van der Waals surface area contributed by atoms with Gasteiger partial charge in [-0.2, -0.15) is 0 Å². The predicted molar refractivity (Wildman–Crippen MR) is 120 cm³/mol. The third kappa shape index (κ3) is 3.61. The van der Waals surface area contributed by atoms with E-state index in [1.807, 2.05) is 6.92 Å². The normalized spacial score (nSPS) is 23.7. The summed E-state index contributed by atoms with van der Waals surface area (Å²) in [7, 11) is 0. The lowest BCUT2D eigenvalue weighted by molar-refractivity contribution is 0.0974. The van der Waals surface area contributed by atoms with Crippen LogP contribution in [0.3, 0.4) is 0 Å². The molecule has 0 aliphatic carbocycles. The zero-order valence-electron chi connectivity index (χ0n) is 16.3. The van der Waals surface area contributed by atoms with Gasteiger partial charge in [-0.3, -0.25) is 9.36 Å². The summed E-state index contributed by atoms with van der Waals surface area (Å²) in [4.78, 5) is 19.8. The molecule has 9 heteroatoms. The van der Waals surface area contributed by atoms with Crippen molar-refractivity contribution in [1.82, 2.24) is 9.55 Å². The number of nitrogens with zero attached hydrogens (tertiary/aromatic N) is 3. The van der Waals surface area contributed by atoms with Crippen LogP contribution in [0.4, 0.5) is 5.82 Å². The van der Waals surface area contributed by atoms with E-state index in [9.17, 15) is 4.79 Å². The van der Waals surface area contributed by atoms with Crippen LogP contribution in [0.25, 0.3) is 5.69 Å². The van der Waals surface area contributed by atoms with E-state index in [0.717, 1.165) is 25.9 Å². The van der Waals surface area contributed by atoms with Gasteiger partial charge in [0.05, 0.1) is 28.4 Å². The summed E-state index contributed by atoms with van der Waals surface area (Å²) < 4.78 is 7.95. The Morgan fingerprint density at radius 1 is 1.28 bits per heavy atom. The highest BCUT2D eigenvalue weighted by molar-refractivity contribution is 9.10. The van der Waals surface area contributed by atoms with Crippen LogP contribution in [0.15, 0.2) is 27.5 Å². The Bertz CT molecular complexity index is 1000. The molecular formula is C20H23BrCl2N4O2. The Morgan fingerprint density at radius 3 is 2.55 bits per heavy atom. The van der Waals surface area contributed by atoms with Crippen molar-refractivity contribution in [1.29, 1.82) is 0 Å². The minimum absolute atomic E-state index is 0.0294. The molecule has 6 nitrogen and oxygen atoms in total. The summed E-state index contributed by atoms with van der Waals surface area (Å²) in [6, 6.07) is 5.13. The molecular weight excluding hydrogens is 479 g/mol. The number of aromatic nitrogens is 2. The number of piperidine rings is 1. The number of hydrogen-bond acceptors (Lipinski definition) is 5. The summed E-state index contributed by atoms with van der Waals surface area (Å²) in [5, 5.41) is 0.676. The Labute approximate surface area is 188 Å². The van der Waals surface area contributed by atoms with Crippen LogP contribution in [0, 0.1) is 12.3 Å². The van der Waals surface area contributed by atoms with E-state index in [2.05, 4.69) is 25.8 Å². The number of aryl methyl sites for hydroxylation is 1. The molecule has 0 unspecified atom stereocenters. The van der Waals surface area contributed by atoms with Crippen molar-refractivity contribution in [2.24, 2.45) is 11.1 Å². The fraction of sp³-hybridized carbons (Fsp3) is 0.500. The van der Waals surface area contributed by atoms with E-state index < -0.39 is 0 Å². The fourth-order valence-corrected chi connectivity index (χ4v) is 5.23. The smallest absolute Gasteiger partial charge is 0.260 e. The first kappa shape index (κ1) is 21.1. The van der Waals surface area contributed by atoms with Crippen molar-refractivity contribution < 1.29 is 4.74 Å². The molecule has 2 aromatic rings. The second-order valence-corrected chi connectivity index (χ2v) is 9.53. The van der Waals surface area contributed by atoms with Gasteiger partial charge in [-0.25, -0.2) is 4.98 Å². The molecule has 29 heavy (non-hydrogen) atoms. The highest BCUT2D eigenvalue weighted by atomic mass is 79.9. The molecule has 0 bridgehead atoms. The SMILES string of the molecule is Cc1nc(N2CCC3(CC2)CO[C@@H](C)[C@H]3N)cc(=O)n1-c1ccc(Br)c(Cl)c1Cl. The van der Waals surface area contributed by atoms with Gasteiger partial charge in [-0.1, -0.05) is 23.2 Å². The molecule has 3 heterocycles. The van der Waals surface area contributed by atoms with Crippen LogP contribution in [0.2, 0.25) is 10.0 Å². The summed E-state index contributed by atoms with van der Waals surface area (Å²) in [5.41, 5.74) is 6.76. The van der Waals surface area contributed by atoms with E-state index >= 15 is 0 Å². The van der Waals surface area contributed by atoms with Crippen LogP contribution in [-0.2, 0) is 4.74 Å². The molecule has 2 atom stereocenters. The number of halogens is 3. The number of ether oxygens (including phenoxy) is 1. The second kappa shape index (κ2) is 7.85. The zero-order valence-corrected chi connectivity index (χ0v) is 19.4. The quantitative estimate of drug-likeness (QED) is 0.631. The van der Waals surface area contributed by atoms with Crippen LogP contribution < -0.4 is 16.2 Å². The molecule has 2 aliphatic heterocycles. The number of nitrogens with two attached hydrogens (primary N) is 1. The van der Waals surface area contributed by atoms with Crippen LogP contribution in [0.5, 0.6) is 0 Å². The average molecular weight is 502 g/mol. The number of anilines is 1. The van der Waals surface area contributed by atoms with Gasteiger partial charge in [0, 0.05) is 35.1 Å². The van der Waals surface area contributed by atoms with Gasteiger partial charge >= 0.3 is 0 Å². The molecule has 2 saturated heterocycles. The van der Waals surface area contributed by atoms with E-state index in [-0.39, 0.29) is 23.1 Å². The van der Waals surface area contributed by atoms with E-state index in [1.54, 1.807) is 25.1 Å². The van der Waals surface area contributed by atoms with Gasteiger partial charge in [0.15, 0.2) is 0 Å². The third-order valence-electron chi connectivity index (χ3n) is 6.26. The van der Waals surface area contributed by atoms with Crippen LogP contribution in [0.1, 0.15) is 25.6 Å². The van der Waals surface area contributed by atoms with Crippen molar-refractivity contribution in [2.75, 3.05) is 24.6 Å². The summed E-state index contributed by atoms with van der Waals surface area (Å²) in [6.45, 7) is 6.13. The highest BCUT2D eigenvalue weighted by Crippen LogP contribution is 2.41. The lowest BCUT2D eigenvalue weighted by atomic mass is 9.73. The maximum Gasteiger partial charge on any atom is 0.260 e. The predicted octanol–water partition coefficient (Wildman–Crippen LogP) is 3.94. The van der Waals surface area contributed by atoms with Crippen molar-refractivity contribution >= 4 is 44.9 Å². The zero-order chi connectivity index (χ0) is 20.9. The molecule has 0 radical (unpaired) electrons. The Balaban J connectivity index is 1.61. The molecule has 4 rings (SSSR count). The molecule has 2 aliphatic rings. The molecule has 2 N–H and O–H groups in total. The first-order chi connectivity index (χ1) is 13.7. The maximum atomic E-state index is 12.9. The fourth-order valence-electron chi connectivity index (χ4n) is 4.38. The molecule has 0 saturated carbocycles. The monoisotopic (exact) mass is 500 g/mol. The number of hydrogen-bond donors (Lipinski definition) is 1. The number of rotatable bonds is 2. The van der Waals surface area contributed by atoms with Crippen molar-refractivity contribution in [3.05, 3.63) is 48.9 Å². The third-order valence-corrected chi connectivity index (χ3v) is 8.02. The van der Waals surface area contributed by atoms with Gasteiger partial charge < -0.3 is 15.4 Å². The number of benzene rings is 1. The Morgan fingerprint density at radius 2 is 1.97 bits per heavy atom. The molecule has 156 valence electrons. The van der Waals surface area contributed by atoms with Crippen LogP contribution >= 0.6 is 39.1 Å². The lowest BCUT2D eigenvalue weighted by Gasteiger charge is -2.41. The molecule has 2 fully saturated rings. The van der Waals surface area contributed by atoms with E-state index in [1.165, 1.54) is 4.57 Å². The molecule has 1 aromatic heterocycles. The first-order valence-corrected chi connectivity index (χ1v) is 11.1. The lowest BCUT2D eigenvalue weighted by Crippen LogP contribution is -2.51. The highest BCUT2D eigenvalue weighted by Gasteiger charge is 2.47. The van der Waals surface area contributed by atoms with Crippen molar-refractivity contribution in [3.8, 4) is 5.69 Å². The second-order valence-electron chi connectivity index (χ2n) is 7.92. The standard InChI is InChI=1S/C20H23BrCl2N4O2/c1-11-19(24)20(10-29-11)5-7-26(8-6-20)15-9-16(28)27(12(2)25-15)14-4-3-13(21)17(22)18(14)23/h3-4,9,11,19H,5-8,10,24H2,1-2H3/t11-,19+/m0/s1. The minimum Gasteiger partial charge on any atom is -0.376 e. The van der Waals surface area contributed by atoms with Gasteiger partial charge in [0.2, 0.25) is 0 Å². The van der Waals surface area contributed by atoms with Gasteiger partial charge in [-0.15, -0.1) is 0 Å². The first-order valence-electron chi connectivity index (χ1n) is 9.60. The van der Waals surface area contributed by atoms with E-state index in [4.69, 9.17) is 33.7 Å². The Hall–Kier alpha value is -1.12. The van der Waals surface area contributed by atoms with Gasteiger partial charge in [0.1, 0.15) is 11.6 Å². The summed E-state index contributed by atoms with van der Waals surface area (Å²) in [5.74, 6) is 1.24. The van der Waals surface area contributed by atoms with Crippen LogP contribution in [-0.4, -0.2) is 41.4 Å². The minimum atomic E-state index is -0.192. The molecule has 1 aromatic carbocycles. The average Bonchev–Trinajstić information content (AvgIpc) is 2.96. The van der Waals surface area contributed by atoms with Crippen molar-refractivity contribution in [2.45, 2.75) is 38.8 Å². The largest absolute Gasteiger partial charge is 0.376 e. The maximum absolute atomic E-state index is 12.9. The Kier molecular flexibility index (Phi) is 5.72. The summed E-state index contributed by atoms with van der Waals surface area (Å²) in [6.07, 6.45) is 1.95. The molecule has 0 amide bonds. The summed E-state index contributed by atoms with van der Waals surface area (Å²) >= 11 is 15.9. The van der Waals surface area contributed by atoms with E-state index in [0.29, 0.717) is 38.5 Å².